The van der Waals surface area contributed by atoms with Gasteiger partial charge in [-0.1, -0.05) is 31.0 Å². The highest BCUT2D eigenvalue weighted by atomic mass is 35.5. The smallest absolute Gasteiger partial charge is 0.323 e. The zero-order chi connectivity index (χ0) is 15.5. The number of carboxylic acid groups (broad SMARTS) is 1. The number of aliphatic carboxylic acids is 1. The average Bonchev–Trinajstić information content (AvgIpc) is 2.40. The van der Waals surface area contributed by atoms with Crippen molar-refractivity contribution in [1.82, 2.24) is 5.32 Å². The van der Waals surface area contributed by atoms with Gasteiger partial charge in [-0.25, -0.2) is 4.79 Å². The number of hydrogen-bond acceptors (Lipinski definition) is 2. The molecule has 114 valence electrons. The molecule has 2 rings (SSSR count). The van der Waals surface area contributed by atoms with Crippen LogP contribution in [0.1, 0.15) is 26.2 Å². The first-order chi connectivity index (χ1) is 9.89. The monoisotopic (exact) mass is 310 g/mol. The van der Waals surface area contributed by atoms with E-state index < -0.39 is 18.5 Å². The Balaban J connectivity index is 2.07. The lowest BCUT2D eigenvalue weighted by Crippen LogP contribution is -2.47. The van der Waals surface area contributed by atoms with Crippen LogP contribution in [0.25, 0.3) is 0 Å². The summed E-state index contributed by atoms with van der Waals surface area (Å²) in [4.78, 5) is 24.5. The molecule has 2 N–H and O–H groups in total. The van der Waals surface area contributed by atoms with E-state index in [2.05, 4.69) is 12.2 Å². The fourth-order valence-electron chi connectivity index (χ4n) is 2.40. The highest BCUT2D eigenvalue weighted by Gasteiger charge is 2.32. The summed E-state index contributed by atoms with van der Waals surface area (Å²) in [5.41, 5.74) is 0.611. The predicted octanol–water partition coefficient (Wildman–Crippen LogP) is 3.13. The first-order valence-electron chi connectivity index (χ1n) is 6.92. The second-order valence-electron chi connectivity index (χ2n) is 5.78. The molecule has 6 heteroatoms. The number of carboxylic acids is 1. The van der Waals surface area contributed by atoms with Gasteiger partial charge in [0.15, 0.2) is 0 Å². The Morgan fingerprint density at radius 1 is 1.43 bits per heavy atom. The third-order valence-electron chi connectivity index (χ3n) is 3.89. The lowest BCUT2D eigenvalue weighted by molar-refractivity contribution is -0.135. The predicted molar refractivity (Wildman–Crippen MR) is 81.8 cm³/mol. The Bertz CT molecular complexity index is 543. The van der Waals surface area contributed by atoms with E-state index in [1.54, 1.807) is 24.3 Å². The van der Waals surface area contributed by atoms with Gasteiger partial charge in [-0.15, -0.1) is 0 Å². The molecule has 0 heterocycles. The maximum absolute atomic E-state index is 12.3. The fourth-order valence-corrected chi connectivity index (χ4v) is 2.59. The Labute approximate surface area is 128 Å². The van der Waals surface area contributed by atoms with E-state index in [9.17, 15) is 9.59 Å². The summed E-state index contributed by atoms with van der Waals surface area (Å²) in [6.07, 6.45) is 3.35. The van der Waals surface area contributed by atoms with Crippen molar-refractivity contribution in [3.8, 4) is 0 Å². The minimum absolute atomic E-state index is 0.138. The van der Waals surface area contributed by atoms with E-state index in [0.717, 1.165) is 12.8 Å². The minimum Gasteiger partial charge on any atom is -0.480 e. The Kier molecular flexibility index (Phi) is 4.73. The summed E-state index contributed by atoms with van der Waals surface area (Å²) >= 11 is 5.91. The summed E-state index contributed by atoms with van der Waals surface area (Å²) in [6, 6.07) is 6.20. The van der Waals surface area contributed by atoms with E-state index in [0.29, 0.717) is 17.3 Å². The zero-order valence-electron chi connectivity index (χ0n) is 11.9. The van der Waals surface area contributed by atoms with Gasteiger partial charge in [-0.05, 0) is 36.5 Å². The van der Waals surface area contributed by atoms with Crippen molar-refractivity contribution in [3.05, 3.63) is 29.3 Å². The number of hydrogen-bond donors (Lipinski definition) is 2. The van der Waals surface area contributed by atoms with Crippen LogP contribution in [0.4, 0.5) is 10.5 Å². The molecule has 2 amide bonds. The quantitative estimate of drug-likeness (QED) is 0.878. The molecule has 0 saturated heterocycles. The van der Waals surface area contributed by atoms with Crippen molar-refractivity contribution < 1.29 is 14.7 Å². The fraction of sp³-hybridized carbons (Fsp3) is 0.467. The summed E-state index contributed by atoms with van der Waals surface area (Å²) in [7, 11) is 0. The lowest BCUT2D eigenvalue weighted by atomic mass is 9.70. The Morgan fingerprint density at radius 3 is 2.67 bits per heavy atom. The van der Waals surface area contributed by atoms with Crippen molar-refractivity contribution in [2.24, 2.45) is 5.41 Å². The van der Waals surface area contributed by atoms with E-state index >= 15 is 0 Å². The normalized spacial score (nSPS) is 15.9. The molecular weight excluding hydrogens is 292 g/mol. The highest BCUT2D eigenvalue weighted by Crippen LogP contribution is 2.39. The molecule has 1 aromatic rings. The van der Waals surface area contributed by atoms with E-state index in [-0.39, 0.29) is 5.41 Å². The summed E-state index contributed by atoms with van der Waals surface area (Å²) in [5, 5.41) is 12.3. The second-order valence-corrected chi connectivity index (χ2v) is 6.22. The number of amides is 2. The number of urea groups is 1. The van der Waals surface area contributed by atoms with Crippen molar-refractivity contribution in [1.29, 1.82) is 0 Å². The highest BCUT2D eigenvalue weighted by molar-refractivity contribution is 6.30. The average molecular weight is 311 g/mol. The molecular formula is C15H19ClN2O3. The number of anilines is 1. The zero-order valence-corrected chi connectivity index (χ0v) is 12.7. The number of carbonyl (C=O) groups is 2. The van der Waals surface area contributed by atoms with Crippen LogP contribution < -0.4 is 10.2 Å². The van der Waals surface area contributed by atoms with E-state index in [4.69, 9.17) is 16.7 Å². The van der Waals surface area contributed by atoms with Crippen LogP contribution in [-0.4, -0.2) is 30.2 Å². The van der Waals surface area contributed by atoms with Gasteiger partial charge in [0, 0.05) is 17.3 Å². The van der Waals surface area contributed by atoms with Gasteiger partial charge in [0.25, 0.3) is 0 Å². The van der Waals surface area contributed by atoms with Crippen LogP contribution in [0.2, 0.25) is 5.02 Å². The standard InChI is InChI=1S/C15H19ClN2O3/c1-15(6-3-7-15)10-17-14(21)18(9-13(19)20)12-5-2-4-11(16)8-12/h2,4-5,8H,3,6-7,9-10H2,1H3,(H,17,21)(H,19,20). The van der Waals surface area contributed by atoms with Crippen molar-refractivity contribution >= 4 is 29.3 Å². The van der Waals surface area contributed by atoms with Crippen LogP contribution in [0, 0.1) is 5.41 Å². The SMILES string of the molecule is CC1(CNC(=O)N(CC(=O)O)c2cccc(Cl)c2)CCC1. The van der Waals surface area contributed by atoms with Crippen molar-refractivity contribution in [2.75, 3.05) is 18.0 Å². The van der Waals surface area contributed by atoms with Crippen LogP contribution >= 0.6 is 11.6 Å². The molecule has 5 nitrogen and oxygen atoms in total. The Hall–Kier alpha value is -1.75. The molecule has 1 saturated carbocycles. The third kappa shape index (κ3) is 4.11. The number of benzene rings is 1. The first-order valence-corrected chi connectivity index (χ1v) is 7.30. The van der Waals surface area contributed by atoms with Gasteiger partial charge < -0.3 is 10.4 Å². The van der Waals surface area contributed by atoms with Crippen LogP contribution in [-0.2, 0) is 4.79 Å². The molecule has 0 aliphatic heterocycles. The second kappa shape index (κ2) is 6.35. The third-order valence-corrected chi connectivity index (χ3v) is 4.12. The maximum Gasteiger partial charge on any atom is 0.323 e. The summed E-state index contributed by atoms with van der Waals surface area (Å²) < 4.78 is 0. The van der Waals surface area contributed by atoms with Gasteiger partial charge >= 0.3 is 12.0 Å². The van der Waals surface area contributed by atoms with Crippen LogP contribution in [0.3, 0.4) is 0 Å². The van der Waals surface area contributed by atoms with Crippen LogP contribution in [0.15, 0.2) is 24.3 Å². The number of nitrogens with one attached hydrogen (secondary N) is 1. The molecule has 0 radical (unpaired) electrons. The summed E-state index contributed by atoms with van der Waals surface area (Å²) in [5.74, 6) is -1.07. The minimum atomic E-state index is -1.07. The number of carbonyl (C=O) groups excluding carboxylic acids is 1. The van der Waals surface area contributed by atoms with E-state index in [1.165, 1.54) is 11.3 Å². The largest absolute Gasteiger partial charge is 0.480 e. The molecule has 1 aromatic carbocycles. The molecule has 0 spiro atoms. The van der Waals surface area contributed by atoms with Crippen molar-refractivity contribution in [3.63, 3.8) is 0 Å². The topological polar surface area (TPSA) is 69.6 Å². The molecule has 0 unspecified atom stereocenters. The van der Waals surface area contributed by atoms with Gasteiger partial charge in [-0.3, -0.25) is 9.69 Å². The van der Waals surface area contributed by atoms with Gasteiger partial charge in [-0.2, -0.15) is 0 Å². The molecule has 21 heavy (non-hydrogen) atoms. The van der Waals surface area contributed by atoms with Gasteiger partial charge in [0.1, 0.15) is 6.54 Å². The van der Waals surface area contributed by atoms with Gasteiger partial charge in [0.2, 0.25) is 0 Å². The maximum atomic E-state index is 12.3. The van der Waals surface area contributed by atoms with Gasteiger partial charge in [0.05, 0.1) is 0 Å². The van der Waals surface area contributed by atoms with Crippen LogP contribution in [0.5, 0.6) is 0 Å². The van der Waals surface area contributed by atoms with E-state index in [1.807, 2.05) is 0 Å². The first kappa shape index (κ1) is 15.6. The molecule has 1 aliphatic rings. The lowest BCUT2D eigenvalue weighted by Gasteiger charge is -2.38. The molecule has 1 aliphatic carbocycles. The molecule has 0 atom stereocenters. The number of nitrogens with zero attached hydrogens (tertiary/aromatic N) is 1. The molecule has 0 aromatic heterocycles. The molecule has 0 bridgehead atoms. The number of rotatable bonds is 5. The number of halogens is 1. The van der Waals surface area contributed by atoms with Crippen molar-refractivity contribution in [2.45, 2.75) is 26.2 Å². The molecule has 1 fully saturated rings. The summed E-state index contributed by atoms with van der Waals surface area (Å²) in [6.45, 7) is 2.28. The Morgan fingerprint density at radius 2 is 2.14 bits per heavy atom.